The molecule has 0 spiro atoms. The SMILES string of the molecule is Cc1cnc(N2CCN(C(=O)c3ccc(I)cc3F)CC2)c(C)c1. The van der Waals surface area contributed by atoms with Crippen LogP contribution in [-0.4, -0.2) is 42.0 Å². The normalized spacial score (nSPS) is 14.8. The summed E-state index contributed by atoms with van der Waals surface area (Å²) in [5.41, 5.74) is 2.42. The van der Waals surface area contributed by atoms with Gasteiger partial charge in [-0.15, -0.1) is 0 Å². The first kappa shape index (κ1) is 17.1. The largest absolute Gasteiger partial charge is 0.353 e. The van der Waals surface area contributed by atoms with E-state index in [1.54, 1.807) is 17.0 Å². The molecular formula is C18H19FIN3O. The molecule has 0 atom stereocenters. The Morgan fingerprint density at radius 1 is 1.17 bits per heavy atom. The summed E-state index contributed by atoms with van der Waals surface area (Å²) in [6.45, 7) is 6.62. The Labute approximate surface area is 154 Å². The van der Waals surface area contributed by atoms with Crippen molar-refractivity contribution in [1.29, 1.82) is 0 Å². The molecule has 2 heterocycles. The van der Waals surface area contributed by atoms with Crippen molar-refractivity contribution in [3.8, 4) is 0 Å². The third-order valence-electron chi connectivity index (χ3n) is 4.22. The number of aromatic nitrogens is 1. The zero-order valence-electron chi connectivity index (χ0n) is 13.7. The summed E-state index contributed by atoms with van der Waals surface area (Å²) in [5.74, 6) is 0.274. The highest BCUT2D eigenvalue weighted by molar-refractivity contribution is 14.1. The molecule has 0 bridgehead atoms. The van der Waals surface area contributed by atoms with Crippen LogP contribution in [0.5, 0.6) is 0 Å². The summed E-state index contributed by atoms with van der Waals surface area (Å²) in [5, 5.41) is 0. The Kier molecular flexibility index (Phi) is 5.03. The summed E-state index contributed by atoms with van der Waals surface area (Å²) < 4.78 is 14.8. The molecule has 2 aromatic rings. The van der Waals surface area contributed by atoms with Gasteiger partial charge in [-0.05, 0) is 65.8 Å². The number of carbonyl (C=O) groups is 1. The number of anilines is 1. The van der Waals surface area contributed by atoms with Crippen LogP contribution in [0.15, 0.2) is 30.5 Å². The number of halogens is 2. The fraction of sp³-hybridized carbons (Fsp3) is 0.333. The predicted molar refractivity (Wildman–Crippen MR) is 101 cm³/mol. The van der Waals surface area contributed by atoms with Crippen molar-refractivity contribution in [1.82, 2.24) is 9.88 Å². The number of nitrogens with zero attached hydrogens (tertiary/aromatic N) is 3. The molecular weight excluding hydrogens is 420 g/mol. The average Bonchev–Trinajstić information content (AvgIpc) is 2.54. The lowest BCUT2D eigenvalue weighted by molar-refractivity contribution is 0.0742. The summed E-state index contributed by atoms with van der Waals surface area (Å²) in [6.07, 6.45) is 1.86. The topological polar surface area (TPSA) is 36.4 Å². The molecule has 1 aromatic carbocycles. The number of pyridine rings is 1. The van der Waals surface area contributed by atoms with Crippen molar-refractivity contribution < 1.29 is 9.18 Å². The van der Waals surface area contributed by atoms with Gasteiger partial charge in [0.05, 0.1) is 5.56 Å². The third-order valence-corrected chi connectivity index (χ3v) is 4.89. The van der Waals surface area contributed by atoms with E-state index in [1.165, 1.54) is 6.07 Å². The molecule has 0 N–H and O–H groups in total. The Morgan fingerprint density at radius 3 is 2.50 bits per heavy atom. The minimum atomic E-state index is -0.453. The van der Waals surface area contributed by atoms with E-state index >= 15 is 0 Å². The van der Waals surface area contributed by atoms with Gasteiger partial charge in [-0.3, -0.25) is 4.79 Å². The number of amides is 1. The highest BCUT2D eigenvalue weighted by Crippen LogP contribution is 2.21. The first-order valence-corrected chi connectivity index (χ1v) is 8.96. The minimum Gasteiger partial charge on any atom is -0.353 e. The van der Waals surface area contributed by atoms with Gasteiger partial charge >= 0.3 is 0 Å². The molecule has 1 saturated heterocycles. The quantitative estimate of drug-likeness (QED) is 0.674. The maximum Gasteiger partial charge on any atom is 0.256 e. The monoisotopic (exact) mass is 439 g/mol. The van der Waals surface area contributed by atoms with Crippen LogP contribution in [0, 0.1) is 23.2 Å². The van der Waals surface area contributed by atoms with Crippen molar-refractivity contribution in [3.05, 3.63) is 56.5 Å². The van der Waals surface area contributed by atoms with Crippen molar-refractivity contribution in [3.63, 3.8) is 0 Å². The van der Waals surface area contributed by atoms with Gasteiger partial charge in [-0.2, -0.15) is 0 Å². The zero-order valence-corrected chi connectivity index (χ0v) is 15.9. The number of rotatable bonds is 2. The first-order valence-electron chi connectivity index (χ1n) is 7.88. The van der Waals surface area contributed by atoms with Crippen LogP contribution in [0.4, 0.5) is 10.2 Å². The van der Waals surface area contributed by atoms with Crippen molar-refractivity contribution in [2.75, 3.05) is 31.1 Å². The molecule has 0 unspecified atom stereocenters. The van der Waals surface area contributed by atoms with Gasteiger partial charge in [-0.25, -0.2) is 9.37 Å². The zero-order chi connectivity index (χ0) is 17.3. The second-order valence-corrected chi connectivity index (χ2v) is 7.30. The van der Waals surface area contributed by atoms with Crippen LogP contribution in [-0.2, 0) is 0 Å². The Balaban J connectivity index is 1.69. The van der Waals surface area contributed by atoms with Gasteiger partial charge in [0.1, 0.15) is 11.6 Å². The predicted octanol–water partition coefficient (Wildman–Crippen LogP) is 3.40. The van der Waals surface area contributed by atoms with Crippen LogP contribution in [0.3, 0.4) is 0 Å². The van der Waals surface area contributed by atoms with Gasteiger partial charge in [0.15, 0.2) is 0 Å². The summed E-state index contributed by atoms with van der Waals surface area (Å²) >= 11 is 2.04. The van der Waals surface area contributed by atoms with E-state index < -0.39 is 5.82 Å². The van der Waals surface area contributed by atoms with E-state index in [1.807, 2.05) is 42.6 Å². The van der Waals surface area contributed by atoms with Crippen molar-refractivity contribution in [2.45, 2.75) is 13.8 Å². The van der Waals surface area contributed by atoms with Crippen LogP contribution in [0.2, 0.25) is 0 Å². The smallest absolute Gasteiger partial charge is 0.256 e. The van der Waals surface area contributed by atoms with E-state index in [-0.39, 0.29) is 11.5 Å². The van der Waals surface area contributed by atoms with Crippen LogP contribution < -0.4 is 4.90 Å². The molecule has 1 aliphatic rings. The van der Waals surface area contributed by atoms with E-state index in [0.29, 0.717) is 26.2 Å². The summed E-state index contributed by atoms with van der Waals surface area (Å²) in [6, 6.07) is 6.83. The summed E-state index contributed by atoms with van der Waals surface area (Å²) in [4.78, 5) is 20.9. The minimum absolute atomic E-state index is 0.147. The second kappa shape index (κ2) is 7.04. The van der Waals surface area contributed by atoms with E-state index in [0.717, 1.165) is 20.5 Å². The molecule has 126 valence electrons. The number of carbonyl (C=O) groups excluding carboxylic acids is 1. The summed E-state index contributed by atoms with van der Waals surface area (Å²) in [7, 11) is 0. The molecule has 0 aliphatic carbocycles. The van der Waals surface area contributed by atoms with Gasteiger partial charge < -0.3 is 9.80 Å². The standard InChI is InChI=1S/C18H19FIN3O/c1-12-9-13(2)17(21-11-12)22-5-7-23(8-6-22)18(24)15-4-3-14(20)10-16(15)19/h3-4,9-11H,5-8H2,1-2H3. The van der Waals surface area contributed by atoms with Gasteiger partial charge in [-0.1, -0.05) is 6.07 Å². The fourth-order valence-corrected chi connectivity index (χ4v) is 3.45. The molecule has 1 aliphatic heterocycles. The molecule has 1 aromatic heterocycles. The molecule has 3 rings (SSSR count). The van der Waals surface area contributed by atoms with E-state index in [2.05, 4.69) is 16.0 Å². The van der Waals surface area contributed by atoms with Crippen LogP contribution >= 0.6 is 22.6 Å². The Bertz CT molecular complexity index is 773. The number of hydrogen-bond acceptors (Lipinski definition) is 3. The highest BCUT2D eigenvalue weighted by Gasteiger charge is 2.25. The number of aryl methyl sites for hydroxylation is 2. The average molecular weight is 439 g/mol. The first-order chi connectivity index (χ1) is 11.5. The third kappa shape index (κ3) is 3.53. The number of benzene rings is 1. The Morgan fingerprint density at radius 2 is 1.88 bits per heavy atom. The lowest BCUT2D eigenvalue weighted by Crippen LogP contribution is -2.49. The lowest BCUT2D eigenvalue weighted by Gasteiger charge is -2.36. The van der Waals surface area contributed by atoms with Crippen molar-refractivity contribution in [2.24, 2.45) is 0 Å². The number of piperazine rings is 1. The Hall–Kier alpha value is -1.70. The van der Waals surface area contributed by atoms with Gasteiger partial charge in [0.2, 0.25) is 0 Å². The van der Waals surface area contributed by atoms with E-state index in [4.69, 9.17) is 0 Å². The highest BCUT2D eigenvalue weighted by atomic mass is 127. The maximum atomic E-state index is 14.0. The molecule has 6 heteroatoms. The maximum absolute atomic E-state index is 14.0. The molecule has 4 nitrogen and oxygen atoms in total. The molecule has 1 amide bonds. The molecule has 0 radical (unpaired) electrons. The fourth-order valence-electron chi connectivity index (χ4n) is 2.99. The number of hydrogen-bond donors (Lipinski definition) is 0. The van der Waals surface area contributed by atoms with Crippen LogP contribution in [0.1, 0.15) is 21.5 Å². The van der Waals surface area contributed by atoms with E-state index in [9.17, 15) is 9.18 Å². The van der Waals surface area contributed by atoms with Crippen LogP contribution in [0.25, 0.3) is 0 Å². The van der Waals surface area contributed by atoms with Crippen molar-refractivity contribution >= 4 is 34.3 Å². The lowest BCUT2D eigenvalue weighted by atomic mass is 10.1. The van der Waals surface area contributed by atoms with Gasteiger partial charge in [0.25, 0.3) is 5.91 Å². The molecule has 24 heavy (non-hydrogen) atoms. The molecule has 1 fully saturated rings. The molecule has 0 saturated carbocycles. The second-order valence-electron chi connectivity index (χ2n) is 6.06. The van der Waals surface area contributed by atoms with Gasteiger partial charge in [0, 0.05) is 35.9 Å².